The van der Waals surface area contributed by atoms with Gasteiger partial charge in [0.2, 0.25) is 0 Å². The number of aromatic nitrogens is 1. The highest BCUT2D eigenvalue weighted by atomic mass is 32.1. The van der Waals surface area contributed by atoms with Gasteiger partial charge in [-0.15, -0.1) is 11.3 Å². The van der Waals surface area contributed by atoms with Crippen LogP contribution in [0.15, 0.2) is 29.6 Å². The Morgan fingerprint density at radius 2 is 1.96 bits per heavy atom. The van der Waals surface area contributed by atoms with Crippen LogP contribution >= 0.6 is 11.3 Å². The number of amides is 1. The first-order valence-corrected chi connectivity index (χ1v) is 8.86. The highest BCUT2D eigenvalue weighted by molar-refractivity contribution is 7.13. The lowest BCUT2D eigenvalue weighted by Gasteiger charge is -2.07. The highest BCUT2D eigenvalue weighted by Gasteiger charge is 2.15. The number of nitrogens with zero attached hydrogens (tertiary/aromatic N) is 1. The SMILES string of the molecule is CCc1ccc(-c2nc(C(=O)OCC(=O)NCC(C)C)cs2)cc1. The molecule has 2 rings (SSSR count). The summed E-state index contributed by atoms with van der Waals surface area (Å²) in [5.41, 5.74) is 2.44. The molecule has 128 valence electrons. The topological polar surface area (TPSA) is 68.3 Å². The Bertz CT molecular complexity index is 693. The van der Waals surface area contributed by atoms with Crippen LogP contribution in [-0.4, -0.2) is 30.0 Å². The van der Waals surface area contributed by atoms with Crippen molar-refractivity contribution in [1.29, 1.82) is 0 Å². The largest absolute Gasteiger partial charge is 0.451 e. The van der Waals surface area contributed by atoms with Crippen LogP contribution in [0.2, 0.25) is 0 Å². The zero-order valence-corrected chi connectivity index (χ0v) is 15.0. The minimum Gasteiger partial charge on any atom is -0.451 e. The highest BCUT2D eigenvalue weighted by Crippen LogP contribution is 2.24. The third-order valence-corrected chi connectivity index (χ3v) is 4.26. The van der Waals surface area contributed by atoms with Crippen LogP contribution < -0.4 is 5.32 Å². The molecule has 24 heavy (non-hydrogen) atoms. The van der Waals surface area contributed by atoms with Gasteiger partial charge in [-0.1, -0.05) is 45.0 Å². The summed E-state index contributed by atoms with van der Waals surface area (Å²) in [6.45, 7) is 6.37. The molecule has 1 N–H and O–H groups in total. The van der Waals surface area contributed by atoms with E-state index in [4.69, 9.17) is 4.74 Å². The number of hydrogen-bond acceptors (Lipinski definition) is 5. The number of benzene rings is 1. The van der Waals surface area contributed by atoms with Gasteiger partial charge in [-0.05, 0) is 17.9 Å². The van der Waals surface area contributed by atoms with Gasteiger partial charge >= 0.3 is 5.97 Å². The van der Waals surface area contributed by atoms with E-state index in [0.29, 0.717) is 12.5 Å². The first-order valence-electron chi connectivity index (χ1n) is 7.98. The second-order valence-electron chi connectivity index (χ2n) is 5.86. The molecule has 0 bridgehead atoms. The molecule has 0 unspecified atom stereocenters. The van der Waals surface area contributed by atoms with Crippen LogP contribution in [0.1, 0.15) is 36.8 Å². The number of hydrogen-bond donors (Lipinski definition) is 1. The zero-order chi connectivity index (χ0) is 17.5. The fourth-order valence-electron chi connectivity index (χ4n) is 1.96. The summed E-state index contributed by atoms with van der Waals surface area (Å²) >= 11 is 1.38. The normalized spacial score (nSPS) is 10.7. The maximum absolute atomic E-state index is 12.0. The lowest BCUT2D eigenvalue weighted by Crippen LogP contribution is -2.31. The standard InChI is InChI=1S/C18H22N2O3S/c1-4-13-5-7-14(8-6-13)17-20-15(11-24-17)18(22)23-10-16(21)19-9-12(2)3/h5-8,11-12H,4,9-10H2,1-3H3,(H,19,21). The summed E-state index contributed by atoms with van der Waals surface area (Å²) in [4.78, 5) is 27.8. The van der Waals surface area contributed by atoms with E-state index in [1.54, 1.807) is 5.38 Å². The van der Waals surface area contributed by atoms with Crippen LogP contribution in [0.25, 0.3) is 10.6 Å². The first kappa shape index (κ1) is 18.1. The Kier molecular flexibility index (Phi) is 6.49. The molecule has 6 heteroatoms. The second-order valence-corrected chi connectivity index (χ2v) is 6.72. The lowest BCUT2D eigenvalue weighted by molar-refractivity contribution is -0.124. The van der Waals surface area contributed by atoms with Gasteiger partial charge in [-0.25, -0.2) is 9.78 Å². The molecule has 1 aromatic heterocycles. The van der Waals surface area contributed by atoms with Crippen molar-refractivity contribution >= 4 is 23.2 Å². The fourth-order valence-corrected chi connectivity index (χ4v) is 2.75. The van der Waals surface area contributed by atoms with Gasteiger partial charge in [0.05, 0.1) is 0 Å². The number of rotatable bonds is 7. The van der Waals surface area contributed by atoms with Crippen molar-refractivity contribution in [1.82, 2.24) is 10.3 Å². The van der Waals surface area contributed by atoms with Crippen LogP contribution in [0.3, 0.4) is 0 Å². The van der Waals surface area contributed by atoms with Crippen molar-refractivity contribution in [2.24, 2.45) is 5.92 Å². The monoisotopic (exact) mass is 346 g/mol. The van der Waals surface area contributed by atoms with Crippen LogP contribution in [-0.2, 0) is 16.0 Å². The number of esters is 1. The third-order valence-electron chi connectivity index (χ3n) is 3.36. The molecule has 1 amide bonds. The Hall–Kier alpha value is -2.21. The Balaban J connectivity index is 1.92. The number of ether oxygens (including phenoxy) is 1. The van der Waals surface area contributed by atoms with Crippen molar-refractivity contribution < 1.29 is 14.3 Å². The Morgan fingerprint density at radius 3 is 2.58 bits per heavy atom. The van der Waals surface area contributed by atoms with Crippen molar-refractivity contribution in [3.8, 4) is 10.6 Å². The number of carbonyl (C=O) groups excluding carboxylic acids is 2. The van der Waals surface area contributed by atoms with Gasteiger partial charge in [0, 0.05) is 17.5 Å². The molecule has 0 aliphatic heterocycles. The van der Waals surface area contributed by atoms with E-state index in [-0.39, 0.29) is 18.2 Å². The second kappa shape index (κ2) is 8.59. The molecule has 0 saturated heterocycles. The average molecular weight is 346 g/mol. The zero-order valence-electron chi connectivity index (χ0n) is 14.2. The van der Waals surface area contributed by atoms with E-state index >= 15 is 0 Å². The first-order chi connectivity index (χ1) is 11.5. The molecule has 1 heterocycles. The molecule has 0 radical (unpaired) electrons. The van der Waals surface area contributed by atoms with Crippen LogP contribution in [0.4, 0.5) is 0 Å². The van der Waals surface area contributed by atoms with Gasteiger partial charge in [0.25, 0.3) is 5.91 Å². The average Bonchev–Trinajstić information content (AvgIpc) is 3.08. The smallest absolute Gasteiger partial charge is 0.358 e. The molecule has 0 saturated carbocycles. The van der Waals surface area contributed by atoms with Gasteiger partial charge in [-0.3, -0.25) is 4.79 Å². The predicted molar refractivity (Wildman–Crippen MR) is 95.1 cm³/mol. The Labute approximate surface area is 146 Å². The third kappa shape index (κ3) is 5.16. The minimum absolute atomic E-state index is 0.228. The Morgan fingerprint density at radius 1 is 1.25 bits per heavy atom. The molecule has 0 spiro atoms. The number of thiazole rings is 1. The van der Waals surface area contributed by atoms with E-state index < -0.39 is 5.97 Å². The van der Waals surface area contributed by atoms with E-state index in [2.05, 4.69) is 17.2 Å². The summed E-state index contributed by atoms with van der Waals surface area (Å²) in [7, 11) is 0. The predicted octanol–water partition coefficient (Wildman–Crippen LogP) is 3.30. The summed E-state index contributed by atoms with van der Waals surface area (Å²) in [6.07, 6.45) is 0.981. The van der Waals surface area contributed by atoms with Crippen molar-refractivity contribution in [2.45, 2.75) is 27.2 Å². The quantitative estimate of drug-likeness (QED) is 0.781. The summed E-state index contributed by atoms with van der Waals surface area (Å²) in [6, 6.07) is 8.08. The minimum atomic E-state index is -0.581. The van der Waals surface area contributed by atoms with Gasteiger partial charge < -0.3 is 10.1 Å². The van der Waals surface area contributed by atoms with Gasteiger partial charge in [0.15, 0.2) is 12.3 Å². The molecular formula is C18H22N2O3S. The van der Waals surface area contributed by atoms with Gasteiger partial charge in [0.1, 0.15) is 5.01 Å². The molecule has 0 fully saturated rings. The number of nitrogens with one attached hydrogen (secondary N) is 1. The molecule has 1 aromatic carbocycles. The molecule has 2 aromatic rings. The van der Waals surface area contributed by atoms with Crippen molar-refractivity contribution in [3.63, 3.8) is 0 Å². The van der Waals surface area contributed by atoms with E-state index in [0.717, 1.165) is 17.0 Å². The molecule has 0 aliphatic carbocycles. The van der Waals surface area contributed by atoms with E-state index in [1.165, 1.54) is 16.9 Å². The van der Waals surface area contributed by atoms with Crippen molar-refractivity contribution in [3.05, 3.63) is 40.9 Å². The maximum Gasteiger partial charge on any atom is 0.358 e. The van der Waals surface area contributed by atoms with Crippen LogP contribution in [0.5, 0.6) is 0 Å². The molecular weight excluding hydrogens is 324 g/mol. The van der Waals surface area contributed by atoms with Gasteiger partial charge in [-0.2, -0.15) is 0 Å². The van der Waals surface area contributed by atoms with Crippen LogP contribution in [0, 0.1) is 5.92 Å². The lowest BCUT2D eigenvalue weighted by atomic mass is 10.1. The van der Waals surface area contributed by atoms with E-state index in [9.17, 15) is 9.59 Å². The van der Waals surface area contributed by atoms with Crippen molar-refractivity contribution in [2.75, 3.05) is 13.2 Å². The van der Waals surface area contributed by atoms with E-state index in [1.807, 2.05) is 38.1 Å². The summed E-state index contributed by atoms with van der Waals surface area (Å²) < 4.78 is 5.00. The summed E-state index contributed by atoms with van der Waals surface area (Å²) in [5, 5.41) is 5.11. The molecule has 0 atom stereocenters. The number of carbonyl (C=O) groups is 2. The fraction of sp³-hybridized carbons (Fsp3) is 0.389. The summed E-state index contributed by atoms with van der Waals surface area (Å²) in [5.74, 6) is -0.533. The maximum atomic E-state index is 12.0. The molecule has 5 nitrogen and oxygen atoms in total. The number of aryl methyl sites for hydroxylation is 1. The molecule has 0 aliphatic rings.